The average Bonchev–Trinajstić information content (AvgIpc) is 2.92. The number of piperazine rings is 1. The molecule has 2 aromatic carbocycles. The molecular formula is C24H30ClN4O3-. The van der Waals surface area contributed by atoms with Crippen molar-refractivity contribution in [2.24, 2.45) is 0 Å². The topological polar surface area (TPSA) is 65.1 Å². The van der Waals surface area contributed by atoms with Crippen LogP contribution in [0, 0.1) is 0 Å². The summed E-state index contributed by atoms with van der Waals surface area (Å²) in [6.45, 7) is 6.15. The van der Waals surface area contributed by atoms with Crippen LogP contribution >= 0.6 is 0 Å². The van der Waals surface area contributed by atoms with Gasteiger partial charge in [-0.1, -0.05) is 24.3 Å². The van der Waals surface area contributed by atoms with Crippen molar-refractivity contribution in [3.8, 4) is 0 Å². The molecule has 32 heavy (non-hydrogen) atoms. The summed E-state index contributed by atoms with van der Waals surface area (Å²) in [5.41, 5.74) is 4.63. The highest BCUT2D eigenvalue weighted by Crippen LogP contribution is 2.37. The lowest BCUT2D eigenvalue weighted by Gasteiger charge is -2.34. The zero-order chi connectivity index (χ0) is 21.8. The van der Waals surface area contributed by atoms with Gasteiger partial charge in [0.2, 0.25) is 5.91 Å². The highest BCUT2D eigenvalue weighted by atomic mass is 35.5. The first-order valence-corrected chi connectivity index (χ1v) is 10.9. The number of hydrogen-bond donors (Lipinski definition) is 1. The van der Waals surface area contributed by atoms with E-state index in [1.54, 1.807) is 6.92 Å². The molecule has 1 saturated heterocycles. The van der Waals surface area contributed by atoms with E-state index in [1.807, 2.05) is 41.3 Å². The zero-order valence-electron chi connectivity index (χ0n) is 18.6. The van der Waals surface area contributed by atoms with E-state index in [4.69, 9.17) is 4.74 Å². The van der Waals surface area contributed by atoms with Gasteiger partial charge in [-0.05, 0) is 56.1 Å². The molecule has 0 aromatic heterocycles. The molecule has 4 rings (SSSR count). The van der Waals surface area contributed by atoms with Crippen LogP contribution in [0.15, 0.2) is 42.5 Å². The second kappa shape index (κ2) is 10.8. The first kappa shape index (κ1) is 24.0. The Morgan fingerprint density at radius 2 is 1.66 bits per heavy atom. The first-order valence-electron chi connectivity index (χ1n) is 10.9. The number of rotatable bonds is 4. The van der Waals surface area contributed by atoms with Gasteiger partial charge in [-0.25, -0.2) is 4.79 Å². The second-order valence-electron chi connectivity index (χ2n) is 8.13. The molecule has 0 bridgehead atoms. The van der Waals surface area contributed by atoms with Crippen LogP contribution in [0.4, 0.5) is 21.9 Å². The van der Waals surface area contributed by atoms with Crippen LogP contribution in [0.3, 0.4) is 0 Å². The smallest absolute Gasteiger partial charge is 0.411 e. The number of ether oxygens (including phenoxy) is 1. The molecule has 2 heterocycles. The van der Waals surface area contributed by atoms with Gasteiger partial charge in [-0.15, -0.1) is 0 Å². The van der Waals surface area contributed by atoms with Crippen molar-refractivity contribution < 1.29 is 26.7 Å². The molecule has 0 unspecified atom stereocenters. The van der Waals surface area contributed by atoms with Gasteiger partial charge in [0.25, 0.3) is 0 Å². The number of halogens is 1. The number of nitrogens with one attached hydrogen (secondary N) is 1. The number of anilines is 3. The Morgan fingerprint density at radius 3 is 2.38 bits per heavy atom. The summed E-state index contributed by atoms with van der Waals surface area (Å²) < 4.78 is 5.01. The molecule has 0 aliphatic carbocycles. The minimum absolute atomic E-state index is 0. The lowest BCUT2D eigenvalue weighted by atomic mass is 10.0. The summed E-state index contributed by atoms with van der Waals surface area (Å²) in [5.74, 6) is 0.0495. The van der Waals surface area contributed by atoms with Crippen LogP contribution in [0.25, 0.3) is 0 Å². The van der Waals surface area contributed by atoms with Gasteiger partial charge in [0.05, 0.1) is 24.5 Å². The third kappa shape index (κ3) is 5.41. The Morgan fingerprint density at radius 1 is 0.969 bits per heavy atom. The summed E-state index contributed by atoms with van der Waals surface area (Å²) in [7, 11) is 2.11. The van der Waals surface area contributed by atoms with E-state index in [9.17, 15) is 9.59 Å². The van der Waals surface area contributed by atoms with Crippen molar-refractivity contribution in [2.75, 3.05) is 56.6 Å². The number of carbonyl (C=O) groups excluding carboxylic acids is 2. The van der Waals surface area contributed by atoms with Crippen molar-refractivity contribution in [3.63, 3.8) is 0 Å². The van der Waals surface area contributed by atoms with E-state index >= 15 is 0 Å². The fourth-order valence-electron chi connectivity index (χ4n) is 4.22. The number of carbonyl (C=O) groups is 2. The van der Waals surface area contributed by atoms with E-state index in [0.29, 0.717) is 18.8 Å². The molecule has 0 saturated carbocycles. The first-order chi connectivity index (χ1) is 15.0. The van der Waals surface area contributed by atoms with Crippen molar-refractivity contribution >= 4 is 29.1 Å². The maximum atomic E-state index is 13.6. The normalized spacial score (nSPS) is 16.2. The molecule has 1 fully saturated rings. The lowest BCUT2D eigenvalue weighted by Crippen LogP contribution is -3.00. The minimum atomic E-state index is -0.494. The number of para-hydroxylation sites is 1. The Hall–Kier alpha value is -2.61. The highest BCUT2D eigenvalue weighted by Gasteiger charge is 2.28. The molecule has 7 nitrogen and oxygen atoms in total. The molecule has 0 spiro atoms. The summed E-state index contributed by atoms with van der Waals surface area (Å²) in [4.78, 5) is 31.9. The van der Waals surface area contributed by atoms with E-state index in [0.717, 1.165) is 61.5 Å². The Kier molecular flexibility index (Phi) is 8.12. The van der Waals surface area contributed by atoms with E-state index in [1.165, 1.54) is 0 Å². The number of aryl methyl sites for hydroxylation is 2. The van der Waals surface area contributed by atoms with Crippen LogP contribution in [0.1, 0.15) is 18.1 Å². The van der Waals surface area contributed by atoms with Crippen molar-refractivity contribution in [2.45, 2.75) is 19.8 Å². The standard InChI is InChI=1S/C24H30N4O3.ClH/c1-3-31-24(30)25-20-11-10-19-9-8-18-6-4-5-7-21(18)28(22(19)16-20)23(29)17-27-14-12-26(2)13-15-27;/h4-7,10-11,16H,3,8-9,12-15,17H2,1-2H3,(H,25,30);1H/p-1. The summed E-state index contributed by atoms with van der Waals surface area (Å²) in [5, 5.41) is 2.77. The minimum Gasteiger partial charge on any atom is -1.00 e. The maximum absolute atomic E-state index is 13.6. The molecule has 0 radical (unpaired) electrons. The SMILES string of the molecule is CCOC(=O)Nc1ccc2c(c1)N(C(=O)CN1CCN(C)CC1)c1ccccc1CC2.[Cl-]. The molecule has 2 aliphatic rings. The highest BCUT2D eigenvalue weighted by molar-refractivity contribution is 6.04. The molecule has 2 aliphatic heterocycles. The monoisotopic (exact) mass is 457 g/mol. The third-order valence-electron chi connectivity index (χ3n) is 5.95. The zero-order valence-corrected chi connectivity index (χ0v) is 19.4. The van der Waals surface area contributed by atoms with Crippen LogP contribution in [0.2, 0.25) is 0 Å². The molecule has 1 N–H and O–H groups in total. The molecule has 0 atom stereocenters. The van der Waals surface area contributed by atoms with Gasteiger partial charge in [-0.3, -0.25) is 19.9 Å². The van der Waals surface area contributed by atoms with Crippen LogP contribution in [-0.2, 0) is 22.4 Å². The van der Waals surface area contributed by atoms with Crippen molar-refractivity contribution in [1.82, 2.24) is 9.80 Å². The van der Waals surface area contributed by atoms with E-state index < -0.39 is 6.09 Å². The Labute approximate surface area is 195 Å². The maximum Gasteiger partial charge on any atom is 0.411 e. The number of benzene rings is 2. The van der Waals surface area contributed by atoms with Crippen molar-refractivity contribution in [3.05, 3.63) is 53.6 Å². The number of fused-ring (bicyclic) bond motifs is 2. The van der Waals surface area contributed by atoms with Gasteiger partial charge in [0.15, 0.2) is 0 Å². The second-order valence-corrected chi connectivity index (χ2v) is 8.13. The van der Waals surface area contributed by atoms with Crippen LogP contribution in [-0.4, -0.2) is 68.2 Å². The molecule has 8 heteroatoms. The molecule has 2 aromatic rings. The fourth-order valence-corrected chi connectivity index (χ4v) is 4.22. The predicted molar refractivity (Wildman–Crippen MR) is 122 cm³/mol. The van der Waals surface area contributed by atoms with Gasteiger partial charge in [0, 0.05) is 31.9 Å². The van der Waals surface area contributed by atoms with Crippen LogP contribution in [0.5, 0.6) is 0 Å². The quantitative estimate of drug-likeness (QED) is 0.714. The van der Waals surface area contributed by atoms with Gasteiger partial charge >= 0.3 is 6.09 Å². The third-order valence-corrected chi connectivity index (χ3v) is 5.95. The molecule has 2 amide bonds. The van der Waals surface area contributed by atoms with Crippen molar-refractivity contribution in [1.29, 1.82) is 0 Å². The van der Waals surface area contributed by atoms with Crippen LogP contribution < -0.4 is 22.6 Å². The molecular weight excluding hydrogens is 428 g/mol. The van der Waals surface area contributed by atoms with E-state index in [2.05, 4.69) is 28.2 Å². The summed E-state index contributed by atoms with van der Waals surface area (Å²) >= 11 is 0. The Bertz CT molecular complexity index is 960. The number of likely N-dealkylation sites (N-methyl/N-ethyl adjacent to an activating group) is 1. The fraction of sp³-hybridized carbons (Fsp3) is 0.417. The lowest BCUT2D eigenvalue weighted by molar-refractivity contribution is -0.119. The number of amides is 2. The predicted octanol–water partition coefficient (Wildman–Crippen LogP) is 0.270. The summed E-state index contributed by atoms with van der Waals surface area (Å²) in [6.07, 6.45) is 1.21. The van der Waals surface area contributed by atoms with Gasteiger partial charge in [-0.2, -0.15) is 0 Å². The number of nitrogens with zero attached hydrogens (tertiary/aromatic N) is 3. The summed E-state index contributed by atoms with van der Waals surface area (Å²) in [6, 6.07) is 13.9. The largest absolute Gasteiger partial charge is 1.00 e. The Balaban J connectivity index is 0.00000289. The van der Waals surface area contributed by atoms with Gasteiger partial charge < -0.3 is 22.0 Å². The average molecular weight is 458 g/mol. The van der Waals surface area contributed by atoms with E-state index in [-0.39, 0.29) is 18.3 Å². The number of hydrogen-bond acceptors (Lipinski definition) is 5. The molecule has 172 valence electrons. The van der Waals surface area contributed by atoms with Gasteiger partial charge in [0.1, 0.15) is 0 Å².